The molecule has 9 heteroatoms. The summed E-state index contributed by atoms with van der Waals surface area (Å²) >= 11 is 1.04. The lowest BCUT2D eigenvalue weighted by Crippen LogP contribution is -2.40. The standard InChI is InChI=1S/C22H21F2N5OS/c1-2-15-16(12-25)20(29-10-8-22(23,24)9-11-29)28-21(17(15)13-26)31-18(19(27)30)14-6-4-3-5-7-14/h3-7,18H,2,8-11H2,1H3,(H2,27,30). The highest BCUT2D eigenvalue weighted by atomic mass is 32.2. The van der Waals surface area contributed by atoms with Gasteiger partial charge in [0.1, 0.15) is 28.2 Å². The predicted molar refractivity (Wildman–Crippen MR) is 114 cm³/mol. The lowest BCUT2D eigenvalue weighted by Gasteiger charge is -2.33. The van der Waals surface area contributed by atoms with Gasteiger partial charge in [0.2, 0.25) is 5.91 Å². The summed E-state index contributed by atoms with van der Waals surface area (Å²) in [6.45, 7) is 1.90. The lowest BCUT2D eigenvalue weighted by atomic mass is 10.0. The minimum absolute atomic E-state index is 0.0474. The van der Waals surface area contributed by atoms with E-state index in [1.165, 1.54) is 0 Å². The molecule has 1 unspecified atom stereocenters. The number of aromatic nitrogens is 1. The summed E-state index contributed by atoms with van der Waals surface area (Å²) < 4.78 is 27.3. The number of hydrogen-bond acceptors (Lipinski definition) is 6. The van der Waals surface area contributed by atoms with E-state index in [2.05, 4.69) is 17.1 Å². The number of alkyl halides is 2. The molecule has 1 aliphatic rings. The van der Waals surface area contributed by atoms with Gasteiger partial charge in [-0.05, 0) is 17.5 Å². The number of piperidine rings is 1. The molecule has 1 aromatic carbocycles. The second kappa shape index (κ2) is 9.32. The molecule has 0 bridgehead atoms. The third-order valence-electron chi connectivity index (χ3n) is 5.21. The van der Waals surface area contributed by atoms with Gasteiger partial charge in [-0.2, -0.15) is 10.5 Å². The Morgan fingerprint density at radius 2 is 1.84 bits per heavy atom. The van der Waals surface area contributed by atoms with Crippen LogP contribution in [0.2, 0.25) is 0 Å². The van der Waals surface area contributed by atoms with Crippen LogP contribution in [0.25, 0.3) is 0 Å². The molecule has 2 N–H and O–H groups in total. The van der Waals surface area contributed by atoms with E-state index >= 15 is 0 Å². The molecule has 1 aromatic heterocycles. The number of primary amides is 1. The highest BCUT2D eigenvalue weighted by Crippen LogP contribution is 2.40. The molecule has 1 amide bonds. The molecule has 6 nitrogen and oxygen atoms in total. The number of nitriles is 2. The number of thioether (sulfide) groups is 1. The van der Waals surface area contributed by atoms with Gasteiger partial charge in [-0.25, -0.2) is 13.8 Å². The van der Waals surface area contributed by atoms with Crippen LogP contribution in [-0.2, 0) is 11.2 Å². The van der Waals surface area contributed by atoms with Crippen molar-refractivity contribution >= 4 is 23.5 Å². The van der Waals surface area contributed by atoms with Crippen LogP contribution in [-0.4, -0.2) is 29.9 Å². The maximum Gasteiger partial charge on any atom is 0.251 e. The van der Waals surface area contributed by atoms with Crippen molar-refractivity contribution in [3.05, 3.63) is 52.6 Å². The molecule has 2 heterocycles. The maximum atomic E-state index is 13.7. The van der Waals surface area contributed by atoms with E-state index in [-0.39, 0.29) is 47.9 Å². The fourth-order valence-electron chi connectivity index (χ4n) is 3.57. The zero-order valence-corrected chi connectivity index (χ0v) is 17.8. The molecule has 0 spiro atoms. The average Bonchev–Trinajstić information content (AvgIpc) is 2.76. The summed E-state index contributed by atoms with van der Waals surface area (Å²) in [5.41, 5.74) is 7.20. The van der Waals surface area contributed by atoms with E-state index in [4.69, 9.17) is 5.73 Å². The summed E-state index contributed by atoms with van der Waals surface area (Å²) in [4.78, 5) is 18.4. The number of nitrogens with two attached hydrogens (primary N) is 1. The molecule has 1 aliphatic heterocycles. The quantitative estimate of drug-likeness (QED) is 0.681. The van der Waals surface area contributed by atoms with Crippen LogP contribution < -0.4 is 10.6 Å². The summed E-state index contributed by atoms with van der Waals surface area (Å²) in [6.07, 6.45) is -0.291. The number of amides is 1. The normalized spacial score (nSPS) is 16.2. The average molecular weight is 442 g/mol. The lowest BCUT2D eigenvalue weighted by molar-refractivity contribution is -0.117. The smallest absolute Gasteiger partial charge is 0.251 e. The molecule has 2 aromatic rings. The summed E-state index contributed by atoms with van der Waals surface area (Å²) in [7, 11) is 0. The fourth-order valence-corrected chi connectivity index (χ4v) is 4.63. The van der Waals surface area contributed by atoms with Crippen molar-refractivity contribution in [2.75, 3.05) is 18.0 Å². The summed E-state index contributed by atoms with van der Waals surface area (Å²) in [5.74, 6) is -3.07. The largest absolute Gasteiger partial charge is 0.368 e. The monoisotopic (exact) mass is 441 g/mol. The number of anilines is 1. The first-order chi connectivity index (χ1) is 14.8. The van der Waals surface area contributed by atoms with Gasteiger partial charge in [0, 0.05) is 25.9 Å². The van der Waals surface area contributed by atoms with Crippen LogP contribution in [0.5, 0.6) is 0 Å². The Hall–Kier alpha value is -3.17. The van der Waals surface area contributed by atoms with E-state index in [1.807, 2.05) is 13.0 Å². The number of pyridine rings is 1. The van der Waals surface area contributed by atoms with Crippen molar-refractivity contribution in [2.24, 2.45) is 5.73 Å². The molecule has 1 atom stereocenters. The second-order valence-electron chi connectivity index (χ2n) is 7.20. The maximum absolute atomic E-state index is 13.7. The van der Waals surface area contributed by atoms with Gasteiger partial charge in [-0.1, -0.05) is 49.0 Å². The molecule has 0 aliphatic carbocycles. The van der Waals surface area contributed by atoms with Crippen LogP contribution >= 0.6 is 11.8 Å². The molecule has 1 fully saturated rings. The number of rotatable bonds is 6. The number of nitrogens with zero attached hydrogens (tertiary/aromatic N) is 4. The van der Waals surface area contributed by atoms with Crippen molar-refractivity contribution in [2.45, 2.75) is 42.4 Å². The molecule has 0 radical (unpaired) electrons. The third-order valence-corrected chi connectivity index (χ3v) is 6.47. The highest BCUT2D eigenvalue weighted by molar-refractivity contribution is 8.00. The molecule has 1 saturated heterocycles. The second-order valence-corrected chi connectivity index (χ2v) is 8.29. The van der Waals surface area contributed by atoms with Crippen LogP contribution in [0.4, 0.5) is 14.6 Å². The van der Waals surface area contributed by atoms with E-state index < -0.39 is 17.1 Å². The van der Waals surface area contributed by atoms with E-state index in [1.54, 1.807) is 29.2 Å². The summed E-state index contributed by atoms with van der Waals surface area (Å²) in [6, 6.07) is 13.1. The van der Waals surface area contributed by atoms with Crippen molar-refractivity contribution in [3.8, 4) is 12.1 Å². The Morgan fingerprint density at radius 1 is 1.23 bits per heavy atom. The Bertz CT molecular complexity index is 1050. The van der Waals surface area contributed by atoms with Crippen LogP contribution in [0.1, 0.15) is 47.3 Å². The van der Waals surface area contributed by atoms with Gasteiger partial charge < -0.3 is 10.6 Å². The SMILES string of the molecule is CCc1c(C#N)c(SC(C(N)=O)c2ccccc2)nc(N2CCC(F)(F)CC2)c1C#N. The molecular weight excluding hydrogens is 420 g/mol. The van der Waals surface area contributed by atoms with Crippen molar-refractivity contribution in [1.82, 2.24) is 4.98 Å². The van der Waals surface area contributed by atoms with Crippen molar-refractivity contribution in [3.63, 3.8) is 0 Å². The number of carbonyl (C=O) groups is 1. The Labute approximate surface area is 183 Å². The summed E-state index contributed by atoms with van der Waals surface area (Å²) in [5, 5.41) is 19.0. The highest BCUT2D eigenvalue weighted by Gasteiger charge is 2.36. The van der Waals surface area contributed by atoms with Gasteiger partial charge >= 0.3 is 0 Å². The van der Waals surface area contributed by atoms with E-state index in [9.17, 15) is 24.1 Å². The molecule has 31 heavy (non-hydrogen) atoms. The van der Waals surface area contributed by atoms with Crippen molar-refractivity contribution in [1.29, 1.82) is 10.5 Å². The Kier molecular flexibility index (Phi) is 6.77. The fraction of sp³-hybridized carbons (Fsp3) is 0.364. The zero-order chi connectivity index (χ0) is 22.6. The van der Waals surface area contributed by atoms with E-state index in [0.29, 0.717) is 17.5 Å². The Morgan fingerprint density at radius 3 is 2.35 bits per heavy atom. The predicted octanol–water partition coefficient (Wildman–Crippen LogP) is 3.94. The zero-order valence-electron chi connectivity index (χ0n) is 16.9. The number of carbonyl (C=O) groups excluding carboxylic acids is 1. The molecular formula is C22H21F2N5OS. The molecule has 160 valence electrons. The number of halogens is 2. The van der Waals surface area contributed by atoms with Gasteiger partial charge in [-0.3, -0.25) is 4.79 Å². The third kappa shape index (κ3) is 4.78. The molecule has 3 rings (SSSR count). The van der Waals surface area contributed by atoms with Gasteiger partial charge in [0.15, 0.2) is 0 Å². The van der Waals surface area contributed by atoms with E-state index in [0.717, 1.165) is 11.8 Å². The van der Waals surface area contributed by atoms with Crippen LogP contribution in [0.3, 0.4) is 0 Å². The number of benzene rings is 1. The first-order valence-electron chi connectivity index (χ1n) is 9.82. The first kappa shape index (κ1) is 22.5. The first-order valence-corrected chi connectivity index (χ1v) is 10.7. The topological polar surface area (TPSA) is 107 Å². The van der Waals surface area contributed by atoms with Gasteiger partial charge in [0.05, 0.1) is 11.1 Å². The van der Waals surface area contributed by atoms with Crippen LogP contribution in [0, 0.1) is 22.7 Å². The number of hydrogen-bond donors (Lipinski definition) is 1. The Balaban J connectivity index is 2.10. The minimum atomic E-state index is -2.74. The van der Waals surface area contributed by atoms with Crippen molar-refractivity contribution < 1.29 is 13.6 Å². The minimum Gasteiger partial charge on any atom is -0.368 e. The van der Waals surface area contributed by atoms with Gasteiger partial charge in [-0.15, -0.1) is 0 Å². The van der Waals surface area contributed by atoms with Crippen LogP contribution in [0.15, 0.2) is 35.4 Å². The van der Waals surface area contributed by atoms with Gasteiger partial charge in [0.25, 0.3) is 5.92 Å². The molecule has 0 saturated carbocycles.